The van der Waals surface area contributed by atoms with Gasteiger partial charge < -0.3 is 9.88 Å². The largest absolute Gasteiger partial charge is 0.356 e. The van der Waals surface area contributed by atoms with Gasteiger partial charge in [-0.15, -0.1) is 0 Å². The van der Waals surface area contributed by atoms with Crippen LogP contribution in [0.1, 0.15) is 25.0 Å². The quantitative estimate of drug-likeness (QED) is 0.179. The van der Waals surface area contributed by atoms with E-state index in [1.165, 1.54) is 83.1 Å². The molecular weight excluding hydrogens is 713 g/mol. The Hall–Kier alpha value is -7.42. The van der Waals surface area contributed by atoms with E-state index >= 15 is 0 Å². The predicted molar refractivity (Wildman–Crippen MR) is 251 cm³/mol. The van der Waals surface area contributed by atoms with Gasteiger partial charge in [-0.1, -0.05) is 184 Å². The van der Waals surface area contributed by atoms with Crippen LogP contribution in [0.4, 0.5) is 11.4 Å². The number of rotatable bonds is 6. The zero-order chi connectivity index (χ0) is 39.8. The van der Waals surface area contributed by atoms with Gasteiger partial charge in [-0.05, 0) is 110 Å². The van der Waals surface area contributed by atoms with Crippen molar-refractivity contribution in [3.63, 3.8) is 0 Å². The van der Waals surface area contributed by atoms with Crippen LogP contribution in [0.25, 0.3) is 72.0 Å². The lowest BCUT2D eigenvalue weighted by atomic mass is 9.82. The third-order valence-corrected chi connectivity index (χ3v) is 11.9. The van der Waals surface area contributed by atoms with E-state index in [9.17, 15) is 0 Å². The molecule has 2 nitrogen and oxygen atoms in total. The lowest BCUT2D eigenvalue weighted by molar-refractivity contribution is 0.660. The van der Waals surface area contributed by atoms with Gasteiger partial charge in [-0.3, -0.25) is 0 Å². The molecule has 1 heterocycles. The number of aromatic nitrogens is 1. The molecule has 0 saturated carbocycles. The Morgan fingerprint density at radius 3 is 1.49 bits per heavy atom. The Morgan fingerprint density at radius 2 is 0.814 bits per heavy atom. The fourth-order valence-corrected chi connectivity index (χ4v) is 8.82. The lowest BCUT2D eigenvalue weighted by Gasteiger charge is -2.22. The maximum Gasteiger partial charge on any atom is 0.0541 e. The number of hydrogen-bond acceptors (Lipinski definition) is 1. The van der Waals surface area contributed by atoms with E-state index in [1.807, 2.05) is 6.07 Å². The summed E-state index contributed by atoms with van der Waals surface area (Å²) in [6.45, 7) is 4.63. The van der Waals surface area contributed by atoms with Crippen molar-refractivity contribution >= 4 is 33.2 Å². The van der Waals surface area contributed by atoms with Gasteiger partial charge in [0.1, 0.15) is 0 Å². The molecule has 0 spiro atoms. The van der Waals surface area contributed by atoms with Crippen molar-refractivity contribution in [1.82, 2.24) is 4.57 Å². The number of hydrogen-bond donors (Lipinski definition) is 1. The first-order valence-corrected chi connectivity index (χ1v) is 20.4. The summed E-state index contributed by atoms with van der Waals surface area (Å²) in [5.41, 5.74) is 18.9. The third kappa shape index (κ3) is 6.79. The molecule has 0 radical (unpaired) electrons. The van der Waals surface area contributed by atoms with E-state index in [0.717, 1.165) is 11.4 Å². The summed E-state index contributed by atoms with van der Waals surface area (Å²) >= 11 is 0. The molecule has 0 unspecified atom stereocenters. The van der Waals surface area contributed by atoms with Gasteiger partial charge >= 0.3 is 0 Å². The summed E-state index contributed by atoms with van der Waals surface area (Å²) in [5.74, 6) is 0. The molecule has 59 heavy (non-hydrogen) atoms. The molecule has 1 aliphatic rings. The average molecular weight is 757 g/mol. The molecule has 10 aromatic rings. The SMILES string of the molecule is CC1(C)c2ccccc2-c2ccc(Nc3ccc(-c4ccccc4)cc3)cc21.c1ccc(-c2ccc(-c3ccc4c(c3)c3ccccc3n4-c3ccccc3)cc2)cc1. The summed E-state index contributed by atoms with van der Waals surface area (Å²) in [6, 6.07) is 80.1. The molecule has 282 valence electrons. The monoisotopic (exact) mass is 756 g/mol. The van der Waals surface area contributed by atoms with Crippen LogP contribution >= 0.6 is 0 Å². The van der Waals surface area contributed by atoms with Gasteiger partial charge in [0.2, 0.25) is 0 Å². The van der Waals surface area contributed by atoms with E-state index in [0.29, 0.717) is 0 Å². The van der Waals surface area contributed by atoms with Gasteiger partial charge in [0, 0.05) is 33.2 Å². The van der Waals surface area contributed by atoms with E-state index in [2.05, 4.69) is 242 Å². The second-order valence-corrected chi connectivity index (χ2v) is 15.9. The number of para-hydroxylation sites is 2. The Kier molecular flexibility index (Phi) is 9.24. The zero-order valence-corrected chi connectivity index (χ0v) is 33.3. The molecule has 0 atom stereocenters. The summed E-state index contributed by atoms with van der Waals surface area (Å²) in [6.07, 6.45) is 0. The number of benzene rings is 9. The summed E-state index contributed by atoms with van der Waals surface area (Å²) < 4.78 is 2.35. The second-order valence-electron chi connectivity index (χ2n) is 15.9. The summed E-state index contributed by atoms with van der Waals surface area (Å²) in [4.78, 5) is 0. The normalized spacial score (nSPS) is 12.4. The van der Waals surface area contributed by atoms with Crippen molar-refractivity contribution in [2.45, 2.75) is 19.3 Å². The number of nitrogens with one attached hydrogen (secondary N) is 1. The van der Waals surface area contributed by atoms with Crippen molar-refractivity contribution in [2.24, 2.45) is 0 Å². The first-order valence-electron chi connectivity index (χ1n) is 20.4. The van der Waals surface area contributed by atoms with E-state index in [-0.39, 0.29) is 5.41 Å². The molecule has 1 N–H and O–H groups in total. The number of nitrogens with zero attached hydrogens (tertiary/aromatic N) is 1. The van der Waals surface area contributed by atoms with Crippen LogP contribution in [0.3, 0.4) is 0 Å². The van der Waals surface area contributed by atoms with Crippen LogP contribution in [0.5, 0.6) is 0 Å². The minimum atomic E-state index is 0.0286. The molecule has 9 aromatic carbocycles. The van der Waals surface area contributed by atoms with Crippen LogP contribution in [-0.2, 0) is 5.41 Å². The van der Waals surface area contributed by atoms with Gasteiger partial charge in [0.05, 0.1) is 11.0 Å². The molecule has 1 aromatic heterocycles. The summed E-state index contributed by atoms with van der Waals surface area (Å²) in [7, 11) is 0. The molecule has 2 heteroatoms. The molecule has 0 amide bonds. The van der Waals surface area contributed by atoms with E-state index < -0.39 is 0 Å². The fraction of sp³-hybridized carbons (Fsp3) is 0.0526. The fourth-order valence-electron chi connectivity index (χ4n) is 8.82. The summed E-state index contributed by atoms with van der Waals surface area (Å²) in [5, 5.41) is 6.14. The van der Waals surface area contributed by atoms with Crippen molar-refractivity contribution in [1.29, 1.82) is 0 Å². The highest BCUT2D eigenvalue weighted by Gasteiger charge is 2.35. The first kappa shape index (κ1) is 36.0. The third-order valence-electron chi connectivity index (χ3n) is 11.9. The van der Waals surface area contributed by atoms with Crippen molar-refractivity contribution in [3.8, 4) is 50.2 Å². The average Bonchev–Trinajstić information content (AvgIpc) is 3.75. The maximum absolute atomic E-state index is 3.58. The van der Waals surface area contributed by atoms with Crippen LogP contribution in [0.15, 0.2) is 224 Å². The highest BCUT2D eigenvalue weighted by Crippen LogP contribution is 2.49. The number of anilines is 2. The predicted octanol–water partition coefficient (Wildman–Crippen LogP) is 15.5. The van der Waals surface area contributed by atoms with Crippen LogP contribution < -0.4 is 5.32 Å². The van der Waals surface area contributed by atoms with Crippen LogP contribution in [0, 0.1) is 0 Å². The molecule has 0 bridgehead atoms. The van der Waals surface area contributed by atoms with Crippen molar-refractivity contribution in [2.75, 3.05) is 5.32 Å². The molecule has 1 aliphatic carbocycles. The highest BCUT2D eigenvalue weighted by molar-refractivity contribution is 6.10. The molecule has 0 saturated heterocycles. The topological polar surface area (TPSA) is 17.0 Å². The van der Waals surface area contributed by atoms with E-state index in [1.54, 1.807) is 0 Å². The van der Waals surface area contributed by atoms with Gasteiger partial charge in [-0.2, -0.15) is 0 Å². The second kappa shape index (κ2) is 15.2. The molecule has 0 aliphatic heterocycles. The van der Waals surface area contributed by atoms with Crippen molar-refractivity contribution < 1.29 is 0 Å². The lowest BCUT2D eigenvalue weighted by Crippen LogP contribution is -2.15. The molecule has 11 rings (SSSR count). The minimum absolute atomic E-state index is 0.0286. The zero-order valence-electron chi connectivity index (χ0n) is 33.3. The Labute approximate surface area is 346 Å². The van der Waals surface area contributed by atoms with Crippen molar-refractivity contribution in [3.05, 3.63) is 236 Å². The first-order chi connectivity index (χ1) is 29.0. The molecule has 0 fully saturated rings. The van der Waals surface area contributed by atoms with Crippen LogP contribution in [0.2, 0.25) is 0 Å². The molecular formula is C57H44N2. The highest BCUT2D eigenvalue weighted by atomic mass is 15.0. The van der Waals surface area contributed by atoms with Gasteiger partial charge in [-0.25, -0.2) is 0 Å². The smallest absolute Gasteiger partial charge is 0.0541 e. The van der Waals surface area contributed by atoms with Gasteiger partial charge in [0.15, 0.2) is 0 Å². The standard InChI is InChI=1S/C30H21N.C27H23N/c1-3-9-22(10-4-1)23-15-17-24(18-16-23)25-19-20-30-28(21-25)27-13-7-8-14-29(27)31(30)26-11-5-2-6-12-26;1-27(2)25-11-7-6-10-23(25)24-17-16-22(18-26(24)27)28-21-14-12-20(13-15-21)19-8-4-3-5-9-19/h1-21H;3-18,28H,1-2H3. The van der Waals surface area contributed by atoms with Gasteiger partial charge in [0.25, 0.3) is 0 Å². The van der Waals surface area contributed by atoms with E-state index in [4.69, 9.17) is 0 Å². The Bertz CT molecular complexity index is 3050. The Balaban J connectivity index is 0.000000143. The Morgan fingerprint density at radius 1 is 0.339 bits per heavy atom. The maximum atomic E-state index is 3.58. The van der Waals surface area contributed by atoms with Crippen LogP contribution in [-0.4, -0.2) is 4.57 Å². The minimum Gasteiger partial charge on any atom is -0.356 e. The number of fused-ring (bicyclic) bond motifs is 6.